The van der Waals surface area contributed by atoms with Gasteiger partial charge in [-0.25, -0.2) is 0 Å². The first kappa shape index (κ1) is 19.5. The van der Waals surface area contributed by atoms with Crippen LogP contribution >= 0.6 is 11.8 Å². The van der Waals surface area contributed by atoms with Gasteiger partial charge in [0.15, 0.2) is 0 Å². The monoisotopic (exact) mass is 382 g/mol. The van der Waals surface area contributed by atoms with E-state index in [-0.39, 0.29) is 0 Å². The number of nitrogens with one attached hydrogen (secondary N) is 1. The molecule has 2 N–H and O–H groups in total. The van der Waals surface area contributed by atoms with Gasteiger partial charge in [-0.05, 0) is 44.6 Å². The van der Waals surface area contributed by atoms with Crippen LogP contribution in [-0.2, 0) is 17.0 Å². The van der Waals surface area contributed by atoms with Crippen LogP contribution in [0.5, 0.6) is 0 Å². The van der Waals surface area contributed by atoms with E-state index in [1.165, 1.54) is 22.7 Å². The number of fused-ring (bicyclic) bond motifs is 1. The van der Waals surface area contributed by atoms with Gasteiger partial charge in [0.25, 0.3) is 0 Å². The van der Waals surface area contributed by atoms with Gasteiger partial charge in [-0.2, -0.15) is 0 Å². The molecule has 2 aromatic carbocycles. The molecular formula is C22H26N2O2S. The van der Waals surface area contributed by atoms with Crippen molar-refractivity contribution >= 4 is 28.6 Å². The van der Waals surface area contributed by atoms with Crippen molar-refractivity contribution in [1.82, 2.24) is 9.88 Å². The fraction of sp³-hybridized carbons (Fsp3) is 0.318. The highest BCUT2D eigenvalue weighted by molar-refractivity contribution is 7.99. The Labute approximate surface area is 164 Å². The summed E-state index contributed by atoms with van der Waals surface area (Å²) in [6.07, 6.45) is 0.958. The fourth-order valence-electron chi connectivity index (χ4n) is 3.20. The summed E-state index contributed by atoms with van der Waals surface area (Å²) in [5, 5.41) is 10.0. The number of rotatable bonds is 8. The maximum Gasteiger partial charge on any atom is 0.316 e. The normalized spacial score (nSPS) is 12.6. The van der Waals surface area contributed by atoms with E-state index in [4.69, 9.17) is 0 Å². The topological polar surface area (TPSA) is 56.3 Å². The van der Waals surface area contributed by atoms with Crippen LogP contribution in [0.3, 0.4) is 0 Å². The van der Waals surface area contributed by atoms with Gasteiger partial charge in [-0.3, -0.25) is 4.79 Å². The Morgan fingerprint density at radius 3 is 2.59 bits per heavy atom. The molecule has 0 aliphatic carbocycles. The summed E-state index contributed by atoms with van der Waals surface area (Å²) in [7, 11) is 4.18. The van der Waals surface area contributed by atoms with Crippen molar-refractivity contribution in [2.24, 2.45) is 0 Å². The Balaban J connectivity index is 2.02. The van der Waals surface area contributed by atoms with Crippen LogP contribution in [0.1, 0.15) is 18.1 Å². The minimum Gasteiger partial charge on any atom is -0.480 e. The number of aromatic amines is 1. The molecule has 0 amide bonds. The highest BCUT2D eigenvalue weighted by atomic mass is 32.2. The molecule has 0 radical (unpaired) electrons. The third-order valence-electron chi connectivity index (χ3n) is 4.75. The van der Waals surface area contributed by atoms with Gasteiger partial charge >= 0.3 is 5.97 Å². The highest BCUT2D eigenvalue weighted by Crippen LogP contribution is 2.34. The third kappa shape index (κ3) is 4.54. The van der Waals surface area contributed by atoms with Gasteiger partial charge in [0.05, 0.1) is 10.9 Å². The van der Waals surface area contributed by atoms with E-state index in [2.05, 4.69) is 60.4 Å². The first-order chi connectivity index (χ1) is 13.0. The van der Waals surface area contributed by atoms with E-state index in [1.54, 1.807) is 6.92 Å². The first-order valence-corrected chi connectivity index (χ1v) is 10.2. The molecule has 3 rings (SSSR count). The van der Waals surface area contributed by atoms with Crippen LogP contribution < -0.4 is 0 Å². The number of nitrogens with zero attached hydrogens (tertiary/aromatic N) is 1. The zero-order valence-electron chi connectivity index (χ0n) is 16.0. The number of aliphatic carboxylic acids is 1. The standard InChI is InChI=1S/C22H26N2O2S/c1-15(22(25)26)27-14-16-8-4-5-9-17(16)21-19(12-13-24(2)3)18-10-6-7-11-20(18)23-21/h4-11,15,23H,12-14H2,1-3H3,(H,25,26). The molecule has 0 aliphatic rings. The van der Waals surface area contributed by atoms with Gasteiger partial charge < -0.3 is 15.0 Å². The third-order valence-corrected chi connectivity index (χ3v) is 5.93. The molecule has 142 valence electrons. The molecule has 1 heterocycles. The average molecular weight is 383 g/mol. The summed E-state index contributed by atoms with van der Waals surface area (Å²) in [6.45, 7) is 2.71. The van der Waals surface area contributed by atoms with Crippen LogP contribution in [0, 0.1) is 0 Å². The second-order valence-electron chi connectivity index (χ2n) is 7.03. The van der Waals surface area contributed by atoms with Crippen molar-refractivity contribution in [3.8, 4) is 11.3 Å². The predicted octanol–water partition coefficient (Wildman–Crippen LogP) is 4.65. The van der Waals surface area contributed by atoms with Crippen LogP contribution in [0.4, 0.5) is 0 Å². The van der Waals surface area contributed by atoms with Crippen LogP contribution in [-0.4, -0.2) is 46.8 Å². The van der Waals surface area contributed by atoms with Crippen molar-refractivity contribution in [1.29, 1.82) is 0 Å². The SMILES string of the molecule is CC(SCc1ccccc1-c1[nH]c2ccccc2c1CCN(C)C)C(=O)O. The minimum absolute atomic E-state index is 0.422. The van der Waals surface area contributed by atoms with Gasteiger partial charge in [-0.1, -0.05) is 42.5 Å². The lowest BCUT2D eigenvalue weighted by Gasteiger charge is -2.14. The minimum atomic E-state index is -0.769. The zero-order valence-corrected chi connectivity index (χ0v) is 16.8. The van der Waals surface area contributed by atoms with Crippen molar-refractivity contribution < 1.29 is 9.90 Å². The summed E-state index contributed by atoms with van der Waals surface area (Å²) in [5.41, 5.74) is 5.93. The number of H-pyrrole nitrogens is 1. The molecule has 0 saturated heterocycles. The Morgan fingerprint density at radius 2 is 1.85 bits per heavy atom. The van der Waals surface area contributed by atoms with Gasteiger partial charge in [0.1, 0.15) is 0 Å². The van der Waals surface area contributed by atoms with Gasteiger partial charge in [0.2, 0.25) is 0 Å². The number of benzene rings is 2. The van der Waals surface area contributed by atoms with Gasteiger partial charge in [0, 0.05) is 28.8 Å². The van der Waals surface area contributed by atoms with Crippen molar-refractivity contribution in [2.75, 3.05) is 20.6 Å². The number of aromatic nitrogens is 1. The van der Waals surface area contributed by atoms with E-state index in [0.29, 0.717) is 5.75 Å². The second kappa shape index (κ2) is 8.63. The summed E-state index contributed by atoms with van der Waals surface area (Å²) in [4.78, 5) is 17.0. The van der Waals surface area contributed by atoms with Crippen LogP contribution in [0.2, 0.25) is 0 Å². The van der Waals surface area contributed by atoms with E-state index in [0.717, 1.165) is 35.3 Å². The van der Waals surface area contributed by atoms with Crippen LogP contribution in [0.15, 0.2) is 48.5 Å². The molecule has 0 spiro atoms. The summed E-state index contributed by atoms with van der Waals surface area (Å²) in [6, 6.07) is 16.7. The lowest BCUT2D eigenvalue weighted by molar-refractivity contribution is -0.136. The van der Waals surface area contributed by atoms with E-state index in [1.807, 2.05) is 12.1 Å². The smallest absolute Gasteiger partial charge is 0.316 e. The quantitative estimate of drug-likeness (QED) is 0.596. The molecule has 0 bridgehead atoms. The lowest BCUT2D eigenvalue weighted by atomic mass is 9.99. The number of hydrogen-bond acceptors (Lipinski definition) is 3. The highest BCUT2D eigenvalue weighted by Gasteiger charge is 2.17. The fourth-order valence-corrected chi connectivity index (χ4v) is 4.03. The maximum atomic E-state index is 11.2. The predicted molar refractivity (Wildman–Crippen MR) is 114 cm³/mol. The molecule has 0 saturated carbocycles. The first-order valence-electron chi connectivity index (χ1n) is 9.14. The maximum absolute atomic E-state index is 11.2. The summed E-state index contributed by atoms with van der Waals surface area (Å²) >= 11 is 1.46. The van der Waals surface area contributed by atoms with Crippen molar-refractivity contribution in [3.05, 3.63) is 59.7 Å². The molecule has 1 unspecified atom stereocenters. The molecule has 0 fully saturated rings. The number of hydrogen-bond donors (Lipinski definition) is 2. The molecular weight excluding hydrogens is 356 g/mol. The van der Waals surface area contributed by atoms with E-state index >= 15 is 0 Å². The number of carboxylic acid groups (broad SMARTS) is 1. The number of carboxylic acids is 1. The van der Waals surface area contributed by atoms with Gasteiger partial charge in [-0.15, -0.1) is 11.8 Å². The molecule has 1 atom stereocenters. The zero-order chi connectivity index (χ0) is 19.4. The Kier molecular flexibility index (Phi) is 6.24. The molecule has 3 aromatic rings. The summed E-state index contributed by atoms with van der Waals surface area (Å²) < 4.78 is 0. The Bertz CT molecular complexity index is 933. The molecule has 5 heteroatoms. The number of carbonyl (C=O) groups is 1. The average Bonchev–Trinajstić information content (AvgIpc) is 3.03. The number of thioether (sulfide) groups is 1. The van der Waals surface area contributed by atoms with Crippen molar-refractivity contribution in [2.45, 2.75) is 24.3 Å². The molecule has 1 aromatic heterocycles. The van der Waals surface area contributed by atoms with Crippen molar-refractivity contribution in [3.63, 3.8) is 0 Å². The number of likely N-dealkylation sites (N-methyl/N-ethyl adjacent to an activating group) is 1. The number of para-hydroxylation sites is 1. The Hall–Kier alpha value is -2.24. The largest absolute Gasteiger partial charge is 0.480 e. The molecule has 4 nitrogen and oxygen atoms in total. The second-order valence-corrected chi connectivity index (χ2v) is 8.36. The summed E-state index contributed by atoms with van der Waals surface area (Å²) in [5.74, 6) is -0.0960. The van der Waals surface area contributed by atoms with E-state index < -0.39 is 11.2 Å². The van der Waals surface area contributed by atoms with E-state index in [9.17, 15) is 9.90 Å². The lowest BCUT2D eigenvalue weighted by Crippen LogP contribution is -2.15. The Morgan fingerprint density at radius 1 is 1.15 bits per heavy atom. The molecule has 27 heavy (non-hydrogen) atoms. The van der Waals surface area contributed by atoms with Crippen LogP contribution in [0.25, 0.3) is 22.2 Å². The molecule has 0 aliphatic heterocycles.